The van der Waals surface area contributed by atoms with Gasteiger partial charge in [-0.3, -0.25) is 4.72 Å². The Labute approximate surface area is 149 Å². The number of anilines is 2. The van der Waals surface area contributed by atoms with E-state index in [-0.39, 0.29) is 10.3 Å². The molecule has 0 amide bonds. The predicted octanol–water partition coefficient (Wildman–Crippen LogP) is 3.61. The van der Waals surface area contributed by atoms with Crippen molar-refractivity contribution >= 4 is 21.4 Å². The van der Waals surface area contributed by atoms with Crippen LogP contribution in [0.4, 0.5) is 11.4 Å². The van der Waals surface area contributed by atoms with Gasteiger partial charge in [0.2, 0.25) is 0 Å². The summed E-state index contributed by atoms with van der Waals surface area (Å²) < 4.78 is 33.6. The van der Waals surface area contributed by atoms with E-state index in [9.17, 15) is 8.42 Å². The third-order valence-corrected chi connectivity index (χ3v) is 5.73. The maximum absolute atomic E-state index is 12.7. The molecule has 0 unspecified atom stereocenters. The molecule has 1 N–H and O–H groups in total. The SMILES string of the molecule is CN1CCOc2ccc(NS(=O)(=O)c3ccc(C(C)(C)C)cc3)cc21. The van der Waals surface area contributed by atoms with Crippen LogP contribution < -0.4 is 14.4 Å². The van der Waals surface area contributed by atoms with Crippen LogP contribution in [0.15, 0.2) is 47.4 Å². The molecule has 25 heavy (non-hydrogen) atoms. The van der Waals surface area contributed by atoms with E-state index >= 15 is 0 Å². The zero-order chi connectivity index (χ0) is 18.2. The minimum Gasteiger partial charge on any atom is -0.490 e. The van der Waals surface area contributed by atoms with Crippen LogP contribution in [-0.2, 0) is 15.4 Å². The average Bonchev–Trinajstić information content (AvgIpc) is 2.55. The summed E-state index contributed by atoms with van der Waals surface area (Å²) in [5.41, 5.74) is 2.49. The van der Waals surface area contributed by atoms with E-state index in [1.54, 1.807) is 30.3 Å². The maximum atomic E-state index is 12.7. The highest BCUT2D eigenvalue weighted by Gasteiger charge is 2.20. The molecule has 3 rings (SSSR count). The molecule has 1 heterocycles. The molecule has 0 spiro atoms. The number of nitrogens with zero attached hydrogens (tertiary/aromatic N) is 1. The Bertz CT molecular complexity index is 869. The number of rotatable bonds is 3. The van der Waals surface area contributed by atoms with Gasteiger partial charge >= 0.3 is 0 Å². The van der Waals surface area contributed by atoms with Crippen LogP contribution >= 0.6 is 0 Å². The standard InChI is InChI=1S/C19H24N2O3S/c1-19(2,3)14-5-8-16(9-6-14)25(22,23)20-15-7-10-18-17(13-15)21(4)11-12-24-18/h5-10,13,20H,11-12H2,1-4H3. The summed E-state index contributed by atoms with van der Waals surface area (Å²) in [6, 6.07) is 12.3. The lowest BCUT2D eigenvalue weighted by molar-refractivity contribution is 0.311. The van der Waals surface area contributed by atoms with Crippen molar-refractivity contribution in [1.29, 1.82) is 0 Å². The van der Waals surface area contributed by atoms with Crippen molar-refractivity contribution in [2.75, 3.05) is 29.8 Å². The lowest BCUT2D eigenvalue weighted by atomic mass is 9.87. The van der Waals surface area contributed by atoms with Crippen LogP contribution in [0.25, 0.3) is 0 Å². The van der Waals surface area contributed by atoms with Gasteiger partial charge in [0.15, 0.2) is 0 Å². The van der Waals surface area contributed by atoms with Crippen LogP contribution in [0, 0.1) is 0 Å². The van der Waals surface area contributed by atoms with Crippen molar-refractivity contribution in [3.63, 3.8) is 0 Å². The summed E-state index contributed by atoms with van der Waals surface area (Å²) in [7, 11) is -1.67. The summed E-state index contributed by atoms with van der Waals surface area (Å²) in [6.45, 7) is 7.70. The number of hydrogen-bond acceptors (Lipinski definition) is 4. The largest absolute Gasteiger partial charge is 0.490 e. The minimum atomic E-state index is -3.63. The molecule has 0 aliphatic carbocycles. The van der Waals surface area contributed by atoms with Gasteiger partial charge in [-0.25, -0.2) is 8.42 Å². The van der Waals surface area contributed by atoms with Crippen molar-refractivity contribution in [2.45, 2.75) is 31.1 Å². The van der Waals surface area contributed by atoms with Crippen LogP contribution in [0.2, 0.25) is 0 Å². The van der Waals surface area contributed by atoms with E-state index in [0.29, 0.717) is 12.3 Å². The van der Waals surface area contributed by atoms with Crippen molar-refractivity contribution < 1.29 is 13.2 Å². The van der Waals surface area contributed by atoms with E-state index in [4.69, 9.17) is 4.74 Å². The molecule has 1 aliphatic rings. The van der Waals surface area contributed by atoms with E-state index in [2.05, 4.69) is 30.4 Å². The Morgan fingerprint density at radius 2 is 1.76 bits per heavy atom. The summed E-state index contributed by atoms with van der Waals surface area (Å²) in [5, 5.41) is 0. The molecule has 0 fully saturated rings. The fourth-order valence-corrected chi connectivity index (χ4v) is 3.81. The third kappa shape index (κ3) is 3.74. The van der Waals surface area contributed by atoms with Crippen molar-refractivity contribution in [3.8, 4) is 5.75 Å². The summed E-state index contributed by atoms with van der Waals surface area (Å²) in [6.07, 6.45) is 0. The second-order valence-corrected chi connectivity index (χ2v) is 9.01. The molecule has 2 aromatic rings. The molecule has 0 bridgehead atoms. The molecule has 0 radical (unpaired) electrons. The first-order valence-corrected chi connectivity index (χ1v) is 9.76. The van der Waals surface area contributed by atoms with Gasteiger partial charge in [-0.15, -0.1) is 0 Å². The lowest BCUT2D eigenvalue weighted by Crippen LogP contribution is -2.28. The van der Waals surface area contributed by atoms with Gasteiger partial charge < -0.3 is 9.64 Å². The average molecular weight is 360 g/mol. The number of fused-ring (bicyclic) bond motifs is 1. The van der Waals surface area contributed by atoms with E-state index in [1.165, 1.54) is 0 Å². The molecular formula is C19H24N2O3S. The molecule has 0 aromatic heterocycles. The highest BCUT2D eigenvalue weighted by atomic mass is 32.2. The van der Waals surface area contributed by atoms with Crippen molar-refractivity contribution in [3.05, 3.63) is 48.0 Å². The van der Waals surface area contributed by atoms with E-state index in [0.717, 1.165) is 23.5 Å². The number of sulfonamides is 1. The molecule has 0 saturated carbocycles. The first kappa shape index (κ1) is 17.6. The van der Waals surface area contributed by atoms with Gasteiger partial charge in [0.1, 0.15) is 12.4 Å². The first-order valence-electron chi connectivity index (χ1n) is 8.28. The Morgan fingerprint density at radius 3 is 2.40 bits per heavy atom. The fraction of sp³-hybridized carbons (Fsp3) is 0.368. The quantitative estimate of drug-likeness (QED) is 0.908. The molecule has 1 aliphatic heterocycles. The van der Waals surface area contributed by atoms with Crippen LogP contribution in [0.5, 0.6) is 5.75 Å². The van der Waals surface area contributed by atoms with Crippen molar-refractivity contribution in [2.24, 2.45) is 0 Å². The maximum Gasteiger partial charge on any atom is 0.261 e. The van der Waals surface area contributed by atoms with E-state index in [1.807, 2.05) is 19.2 Å². The highest BCUT2D eigenvalue weighted by Crippen LogP contribution is 2.34. The number of hydrogen-bond donors (Lipinski definition) is 1. The second-order valence-electron chi connectivity index (χ2n) is 7.33. The van der Waals surface area contributed by atoms with Gasteiger partial charge in [-0.2, -0.15) is 0 Å². The van der Waals surface area contributed by atoms with Crippen LogP contribution in [-0.4, -0.2) is 28.6 Å². The molecule has 6 heteroatoms. The Kier molecular flexibility index (Phi) is 4.41. The minimum absolute atomic E-state index is 0.0151. The molecular weight excluding hydrogens is 336 g/mol. The molecule has 0 atom stereocenters. The molecule has 0 saturated heterocycles. The molecule has 134 valence electrons. The number of nitrogens with one attached hydrogen (secondary N) is 1. The molecule has 2 aromatic carbocycles. The monoisotopic (exact) mass is 360 g/mol. The predicted molar refractivity (Wildman–Crippen MR) is 101 cm³/mol. The number of benzene rings is 2. The van der Waals surface area contributed by atoms with Gasteiger partial charge in [-0.1, -0.05) is 32.9 Å². The summed E-state index contributed by atoms with van der Waals surface area (Å²) in [5.74, 6) is 0.770. The van der Waals surface area contributed by atoms with Crippen LogP contribution in [0.1, 0.15) is 26.3 Å². The zero-order valence-electron chi connectivity index (χ0n) is 15.0. The summed E-state index contributed by atoms with van der Waals surface area (Å²) >= 11 is 0. The topological polar surface area (TPSA) is 58.6 Å². The Balaban J connectivity index is 1.85. The van der Waals surface area contributed by atoms with Gasteiger partial charge in [0, 0.05) is 7.05 Å². The first-order chi connectivity index (χ1) is 11.7. The van der Waals surface area contributed by atoms with Crippen molar-refractivity contribution in [1.82, 2.24) is 0 Å². The lowest BCUT2D eigenvalue weighted by Gasteiger charge is -2.28. The van der Waals surface area contributed by atoms with Gasteiger partial charge in [0.05, 0.1) is 22.8 Å². The second kappa shape index (κ2) is 6.26. The smallest absolute Gasteiger partial charge is 0.261 e. The Morgan fingerprint density at radius 1 is 1.08 bits per heavy atom. The zero-order valence-corrected chi connectivity index (χ0v) is 15.9. The van der Waals surface area contributed by atoms with Gasteiger partial charge in [0.25, 0.3) is 10.0 Å². The molecule has 5 nitrogen and oxygen atoms in total. The third-order valence-electron chi connectivity index (χ3n) is 4.34. The fourth-order valence-electron chi connectivity index (χ4n) is 2.76. The normalized spacial score (nSPS) is 14.6. The number of likely N-dealkylation sites (N-methyl/N-ethyl adjacent to an activating group) is 1. The van der Waals surface area contributed by atoms with Gasteiger partial charge in [-0.05, 0) is 41.3 Å². The van der Waals surface area contributed by atoms with Crippen LogP contribution in [0.3, 0.4) is 0 Å². The highest BCUT2D eigenvalue weighted by molar-refractivity contribution is 7.92. The Hall–Kier alpha value is -2.21. The number of ether oxygens (including phenoxy) is 1. The van der Waals surface area contributed by atoms with E-state index < -0.39 is 10.0 Å². The summed E-state index contributed by atoms with van der Waals surface area (Å²) in [4.78, 5) is 2.30.